The van der Waals surface area contributed by atoms with Gasteiger partial charge in [0.2, 0.25) is 5.91 Å². The molecular formula is C22H21Cl2NO. The third-order valence-corrected chi connectivity index (χ3v) is 6.56. The summed E-state index contributed by atoms with van der Waals surface area (Å²) < 4.78 is 0. The summed E-state index contributed by atoms with van der Waals surface area (Å²) in [6.07, 6.45) is 4.24. The van der Waals surface area contributed by atoms with Crippen molar-refractivity contribution in [1.29, 1.82) is 0 Å². The van der Waals surface area contributed by atoms with Gasteiger partial charge in [-0.15, -0.1) is 0 Å². The molecule has 0 bridgehead atoms. The third kappa shape index (κ3) is 2.76. The number of hydrogen-bond donors (Lipinski definition) is 1. The van der Waals surface area contributed by atoms with Crippen LogP contribution in [0.5, 0.6) is 0 Å². The van der Waals surface area contributed by atoms with Gasteiger partial charge in [0.25, 0.3) is 0 Å². The lowest BCUT2D eigenvalue weighted by Crippen LogP contribution is -2.37. The van der Waals surface area contributed by atoms with Gasteiger partial charge in [0.05, 0.1) is 5.41 Å². The van der Waals surface area contributed by atoms with Crippen LogP contribution in [0.2, 0.25) is 10.0 Å². The van der Waals surface area contributed by atoms with Gasteiger partial charge in [-0.25, -0.2) is 0 Å². The number of hydrogen-bond acceptors (Lipinski definition) is 1. The number of amides is 1. The molecule has 1 aliphatic heterocycles. The van der Waals surface area contributed by atoms with Crippen LogP contribution >= 0.6 is 23.2 Å². The number of nitrogens with one attached hydrogen (secondary N) is 1. The summed E-state index contributed by atoms with van der Waals surface area (Å²) >= 11 is 12.7. The molecule has 2 aliphatic rings. The van der Waals surface area contributed by atoms with Gasteiger partial charge in [0.15, 0.2) is 0 Å². The molecule has 1 aliphatic carbocycles. The maximum absolute atomic E-state index is 12.5. The van der Waals surface area contributed by atoms with E-state index in [0.29, 0.717) is 11.6 Å². The van der Waals surface area contributed by atoms with Gasteiger partial charge in [0.1, 0.15) is 0 Å². The van der Waals surface area contributed by atoms with E-state index in [1.807, 2.05) is 32.0 Å². The van der Waals surface area contributed by atoms with Crippen LogP contribution in [0.4, 0.5) is 0 Å². The van der Waals surface area contributed by atoms with E-state index in [1.54, 1.807) is 0 Å². The van der Waals surface area contributed by atoms with E-state index in [1.165, 1.54) is 5.56 Å². The molecular weight excluding hydrogens is 365 g/mol. The number of benzene rings is 2. The molecule has 1 N–H and O–H groups in total. The van der Waals surface area contributed by atoms with Gasteiger partial charge in [-0.05, 0) is 48.7 Å². The van der Waals surface area contributed by atoms with E-state index in [9.17, 15) is 4.79 Å². The van der Waals surface area contributed by atoms with Crippen molar-refractivity contribution in [1.82, 2.24) is 5.32 Å². The number of aryl methyl sites for hydroxylation is 1. The standard InChI is InChI=1S/C22H21Cl2NO/c1-13-3-8-16(19(24)11-13)17-9-10-22(2)18(12-25-21(22)26)20(17)14-4-6-15(23)7-5-14/h3-11,17-18,20H,12H2,1-2H3,(H,25,26)/t17-,18-,20-,22+/m0/s1. The van der Waals surface area contributed by atoms with E-state index < -0.39 is 5.41 Å². The molecule has 1 amide bonds. The SMILES string of the molecule is Cc1ccc([C@@H]2C=C[C@@]3(C)C(=O)NC[C@H]3[C@H]2c2ccc(Cl)cc2)c(Cl)c1. The minimum atomic E-state index is -0.488. The molecule has 2 nitrogen and oxygen atoms in total. The molecule has 4 atom stereocenters. The number of carbonyl (C=O) groups is 1. The molecule has 0 saturated carbocycles. The fourth-order valence-electron chi connectivity index (χ4n) is 4.47. The van der Waals surface area contributed by atoms with Gasteiger partial charge in [-0.1, -0.05) is 59.6 Å². The number of rotatable bonds is 2. The van der Waals surface area contributed by atoms with Crippen LogP contribution in [0.15, 0.2) is 54.6 Å². The van der Waals surface area contributed by atoms with E-state index in [4.69, 9.17) is 23.2 Å². The first kappa shape index (κ1) is 17.6. The molecule has 0 spiro atoms. The Labute approximate surface area is 164 Å². The Balaban J connectivity index is 1.87. The fourth-order valence-corrected chi connectivity index (χ4v) is 4.96. The molecule has 26 heavy (non-hydrogen) atoms. The smallest absolute Gasteiger partial charge is 0.230 e. The van der Waals surface area contributed by atoms with Gasteiger partial charge in [-0.2, -0.15) is 0 Å². The van der Waals surface area contributed by atoms with Crippen LogP contribution in [-0.2, 0) is 4.79 Å². The van der Waals surface area contributed by atoms with Crippen LogP contribution in [0.3, 0.4) is 0 Å². The topological polar surface area (TPSA) is 29.1 Å². The molecule has 1 heterocycles. The third-order valence-electron chi connectivity index (χ3n) is 5.98. The van der Waals surface area contributed by atoms with Gasteiger partial charge >= 0.3 is 0 Å². The predicted octanol–water partition coefficient (Wildman–Crippen LogP) is 5.49. The Bertz CT molecular complexity index is 890. The molecule has 1 fully saturated rings. The van der Waals surface area contributed by atoms with Gasteiger partial charge < -0.3 is 5.32 Å². The fraction of sp³-hybridized carbons (Fsp3) is 0.318. The zero-order valence-corrected chi connectivity index (χ0v) is 16.3. The Kier molecular flexibility index (Phi) is 4.37. The summed E-state index contributed by atoms with van der Waals surface area (Å²) in [7, 11) is 0. The summed E-state index contributed by atoms with van der Waals surface area (Å²) in [5.41, 5.74) is 2.95. The van der Waals surface area contributed by atoms with Crippen LogP contribution in [-0.4, -0.2) is 12.5 Å². The highest BCUT2D eigenvalue weighted by atomic mass is 35.5. The van der Waals surface area contributed by atoms with E-state index in [-0.39, 0.29) is 23.7 Å². The Morgan fingerprint density at radius 1 is 1.12 bits per heavy atom. The van der Waals surface area contributed by atoms with Crippen molar-refractivity contribution in [2.24, 2.45) is 11.3 Å². The van der Waals surface area contributed by atoms with E-state index >= 15 is 0 Å². The molecule has 4 rings (SSSR count). The van der Waals surface area contributed by atoms with Gasteiger partial charge in [0, 0.05) is 34.3 Å². The van der Waals surface area contributed by atoms with Crippen LogP contribution in [0.25, 0.3) is 0 Å². The molecule has 2 aromatic carbocycles. The molecule has 0 radical (unpaired) electrons. The van der Waals surface area contributed by atoms with Crippen LogP contribution in [0.1, 0.15) is 35.4 Å². The van der Waals surface area contributed by atoms with Crippen LogP contribution in [0, 0.1) is 18.3 Å². The van der Waals surface area contributed by atoms with Crippen LogP contribution < -0.4 is 5.32 Å². The molecule has 0 aromatic heterocycles. The van der Waals surface area contributed by atoms with Gasteiger partial charge in [-0.3, -0.25) is 4.79 Å². The molecule has 1 saturated heterocycles. The van der Waals surface area contributed by atoms with Crippen molar-refractivity contribution in [3.8, 4) is 0 Å². The molecule has 134 valence electrons. The highest BCUT2D eigenvalue weighted by molar-refractivity contribution is 6.31. The number of halogens is 2. The van der Waals surface area contributed by atoms with Crippen molar-refractivity contribution in [2.75, 3.05) is 6.54 Å². The zero-order valence-electron chi connectivity index (χ0n) is 14.8. The first-order valence-corrected chi connectivity index (χ1v) is 9.65. The largest absolute Gasteiger partial charge is 0.355 e. The maximum Gasteiger partial charge on any atom is 0.230 e. The lowest BCUT2D eigenvalue weighted by atomic mass is 9.61. The maximum atomic E-state index is 12.5. The molecule has 2 aromatic rings. The summed E-state index contributed by atoms with van der Waals surface area (Å²) in [4.78, 5) is 12.5. The second-order valence-electron chi connectivity index (χ2n) is 7.59. The average Bonchev–Trinajstić information content (AvgIpc) is 2.91. The summed E-state index contributed by atoms with van der Waals surface area (Å²) in [5, 5.41) is 4.55. The highest BCUT2D eigenvalue weighted by Crippen LogP contribution is 2.54. The number of carbonyl (C=O) groups excluding carboxylic acids is 1. The first-order chi connectivity index (χ1) is 12.4. The van der Waals surface area contributed by atoms with E-state index in [2.05, 4.69) is 41.7 Å². The Hall–Kier alpha value is -1.77. The summed E-state index contributed by atoms with van der Waals surface area (Å²) in [6, 6.07) is 14.2. The lowest BCUT2D eigenvalue weighted by molar-refractivity contribution is -0.126. The van der Waals surface area contributed by atoms with Crippen molar-refractivity contribution >= 4 is 29.1 Å². The number of allylic oxidation sites excluding steroid dienone is 1. The minimum absolute atomic E-state index is 0.103. The molecule has 0 unspecified atom stereocenters. The lowest BCUT2D eigenvalue weighted by Gasteiger charge is -2.41. The van der Waals surface area contributed by atoms with E-state index in [0.717, 1.165) is 16.1 Å². The monoisotopic (exact) mass is 385 g/mol. The minimum Gasteiger partial charge on any atom is -0.355 e. The number of fused-ring (bicyclic) bond motifs is 1. The van der Waals surface area contributed by atoms with Crippen molar-refractivity contribution in [3.05, 3.63) is 81.4 Å². The zero-order chi connectivity index (χ0) is 18.5. The summed E-state index contributed by atoms with van der Waals surface area (Å²) in [5.74, 6) is 0.547. The normalized spacial score (nSPS) is 30.2. The quantitative estimate of drug-likeness (QED) is 0.680. The summed E-state index contributed by atoms with van der Waals surface area (Å²) in [6.45, 7) is 4.75. The first-order valence-electron chi connectivity index (χ1n) is 8.89. The average molecular weight is 386 g/mol. The Morgan fingerprint density at radius 3 is 2.54 bits per heavy atom. The molecule has 4 heteroatoms. The van der Waals surface area contributed by atoms with Crippen molar-refractivity contribution < 1.29 is 4.79 Å². The second-order valence-corrected chi connectivity index (χ2v) is 8.43. The highest BCUT2D eigenvalue weighted by Gasteiger charge is 2.52. The second kappa shape index (κ2) is 6.44. The Morgan fingerprint density at radius 2 is 1.85 bits per heavy atom. The van der Waals surface area contributed by atoms with Crippen molar-refractivity contribution in [2.45, 2.75) is 25.7 Å². The van der Waals surface area contributed by atoms with Crippen molar-refractivity contribution in [3.63, 3.8) is 0 Å². The predicted molar refractivity (Wildman–Crippen MR) is 107 cm³/mol.